The number of hydrogen-bond acceptors (Lipinski definition) is 6. The van der Waals surface area contributed by atoms with Crippen molar-refractivity contribution in [3.63, 3.8) is 0 Å². The molecule has 0 aromatic rings. The summed E-state index contributed by atoms with van der Waals surface area (Å²) in [7, 11) is 0. The van der Waals surface area contributed by atoms with Crippen LogP contribution in [-0.4, -0.2) is 37.2 Å². The van der Waals surface area contributed by atoms with Gasteiger partial charge in [0.1, 0.15) is 13.2 Å². The lowest BCUT2D eigenvalue weighted by Crippen LogP contribution is -2.30. The predicted octanol–water partition coefficient (Wildman–Crippen LogP) is 22.7. The Kier molecular flexibility index (Phi) is 61.6. The van der Waals surface area contributed by atoms with Gasteiger partial charge in [-0.25, -0.2) is 0 Å². The van der Waals surface area contributed by atoms with Crippen molar-refractivity contribution in [2.24, 2.45) is 0 Å². The highest BCUT2D eigenvalue weighted by atomic mass is 16.6. The highest BCUT2D eigenvalue weighted by molar-refractivity contribution is 5.71. The van der Waals surface area contributed by atoms with Crippen LogP contribution in [-0.2, 0) is 28.6 Å². The van der Waals surface area contributed by atoms with Crippen LogP contribution in [0.1, 0.15) is 393 Å². The smallest absolute Gasteiger partial charge is 0.306 e. The van der Waals surface area contributed by atoms with E-state index in [1.54, 1.807) is 0 Å². The molecule has 434 valence electrons. The standard InChI is InChI=1S/C67H130O6/c1-4-7-10-13-16-18-20-22-24-26-28-30-31-32-33-34-35-36-38-39-41-43-45-47-49-51-54-57-60-66(69)72-63-64(62-71-65(68)59-56-53-15-12-9-6-3)73-67(70)61-58-55-52-50-48-46-44-42-40-37-29-27-25-23-21-19-17-14-11-8-5-2/h64H,4-63H2,1-3H3. The number of ether oxygens (including phenoxy) is 3. The topological polar surface area (TPSA) is 78.9 Å². The van der Waals surface area contributed by atoms with Gasteiger partial charge in [0.2, 0.25) is 0 Å². The van der Waals surface area contributed by atoms with Crippen molar-refractivity contribution in [3.8, 4) is 0 Å². The second kappa shape index (κ2) is 62.9. The highest BCUT2D eigenvalue weighted by Gasteiger charge is 2.19. The molecule has 0 aliphatic carbocycles. The minimum Gasteiger partial charge on any atom is -0.462 e. The molecule has 0 saturated heterocycles. The average Bonchev–Trinajstić information content (AvgIpc) is 3.39. The van der Waals surface area contributed by atoms with Gasteiger partial charge in [-0.2, -0.15) is 0 Å². The lowest BCUT2D eigenvalue weighted by molar-refractivity contribution is -0.167. The minimum atomic E-state index is -0.761. The third-order valence-corrected chi connectivity index (χ3v) is 15.6. The summed E-state index contributed by atoms with van der Waals surface area (Å²) in [5.41, 5.74) is 0. The van der Waals surface area contributed by atoms with Gasteiger partial charge < -0.3 is 14.2 Å². The molecule has 6 nitrogen and oxygen atoms in total. The normalized spacial score (nSPS) is 11.9. The van der Waals surface area contributed by atoms with Gasteiger partial charge >= 0.3 is 17.9 Å². The van der Waals surface area contributed by atoms with E-state index in [2.05, 4.69) is 20.8 Å². The van der Waals surface area contributed by atoms with Gasteiger partial charge in [0.25, 0.3) is 0 Å². The van der Waals surface area contributed by atoms with E-state index in [1.165, 1.54) is 295 Å². The molecule has 0 heterocycles. The van der Waals surface area contributed by atoms with Crippen LogP contribution in [0.15, 0.2) is 0 Å². The molecule has 0 aliphatic rings. The second-order valence-corrected chi connectivity index (χ2v) is 23.1. The fourth-order valence-electron chi connectivity index (χ4n) is 10.6. The quantitative estimate of drug-likeness (QED) is 0.0343. The minimum absolute atomic E-state index is 0.0618. The molecule has 1 atom stereocenters. The summed E-state index contributed by atoms with van der Waals surface area (Å²) >= 11 is 0. The van der Waals surface area contributed by atoms with Crippen molar-refractivity contribution < 1.29 is 28.6 Å². The average molecular weight is 1030 g/mol. The van der Waals surface area contributed by atoms with Crippen LogP contribution in [0, 0.1) is 0 Å². The Labute approximate surface area is 457 Å². The van der Waals surface area contributed by atoms with E-state index in [-0.39, 0.29) is 31.1 Å². The van der Waals surface area contributed by atoms with Gasteiger partial charge in [0.05, 0.1) is 0 Å². The predicted molar refractivity (Wildman–Crippen MR) is 317 cm³/mol. The van der Waals surface area contributed by atoms with Gasteiger partial charge in [0.15, 0.2) is 6.10 Å². The van der Waals surface area contributed by atoms with Crippen molar-refractivity contribution >= 4 is 17.9 Å². The van der Waals surface area contributed by atoms with Crippen molar-refractivity contribution in [1.29, 1.82) is 0 Å². The van der Waals surface area contributed by atoms with Gasteiger partial charge in [-0.3, -0.25) is 14.4 Å². The zero-order valence-electron chi connectivity index (χ0n) is 50.0. The maximum Gasteiger partial charge on any atom is 0.306 e. The maximum absolute atomic E-state index is 12.8. The molecule has 0 radical (unpaired) electrons. The fourth-order valence-corrected chi connectivity index (χ4v) is 10.6. The third kappa shape index (κ3) is 61.1. The first-order chi connectivity index (χ1) is 36.0. The summed E-state index contributed by atoms with van der Waals surface area (Å²) in [6.45, 7) is 6.67. The first kappa shape index (κ1) is 71.4. The van der Waals surface area contributed by atoms with Gasteiger partial charge in [0, 0.05) is 19.3 Å². The third-order valence-electron chi connectivity index (χ3n) is 15.6. The molecule has 0 amide bonds. The second-order valence-electron chi connectivity index (χ2n) is 23.1. The van der Waals surface area contributed by atoms with E-state index in [0.717, 1.165) is 57.8 Å². The van der Waals surface area contributed by atoms with Crippen LogP contribution in [0.2, 0.25) is 0 Å². The summed E-state index contributed by atoms with van der Waals surface area (Å²) in [5, 5.41) is 0. The molecule has 0 bridgehead atoms. The number of esters is 3. The number of carbonyl (C=O) groups is 3. The molecule has 0 aromatic heterocycles. The Hall–Kier alpha value is -1.59. The Morgan fingerprint density at radius 1 is 0.219 bits per heavy atom. The SMILES string of the molecule is CCCCCCCCCCCCCCCCCCCCCCCCCCCCCCC(=O)OCC(COC(=O)CCCCCCCC)OC(=O)CCCCCCCCCCCCCCCCCCCCCCC. The first-order valence-corrected chi connectivity index (χ1v) is 33.5. The van der Waals surface area contributed by atoms with Crippen LogP contribution in [0.25, 0.3) is 0 Å². The molecule has 0 fully saturated rings. The van der Waals surface area contributed by atoms with Crippen LogP contribution < -0.4 is 0 Å². The highest BCUT2D eigenvalue weighted by Crippen LogP contribution is 2.19. The Bertz CT molecular complexity index is 1090. The van der Waals surface area contributed by atoms with Crippen molar-refractivity contribution in [3.05, 3.63) is 0 Å². The Balaban J connectivity index is 3.96. The number of rotatable bonds is 63. The molecule has 0 spiro atoms. The zero-order chi connectivity index (χ0) is 52.9. The number of hydrogen-bond donors (Lipinski definition) is 0. The molecule has 0 N–H and O–H groups in total. The van der Waals surface area contributed by atoms with Gasteiger partial charge in [-0.1, -0.05) is 355 Å². The molecule has 73 heavy (non-hydrogen) atoms. The molecule has 0 aromatic carbocycles. The molecule has 6 heteroatoms. The summed E-state index contributed by atoms with van der Waals surface area (Å²) in [5.74, 6) is -0.840. The van der Waals surface area contributed by atoms with E-state index in [1.807, 2.05) is 0 Å². The molecular weight excluding hydrogens is 901 g/mol. The van der Waals surface area contributed by atoms with E-state index >= 15 is 0 Å². The number of carbonyl (C=O) groups excluding carboxylic acids is 3. The maximum atomic E-state index is 12.8. The van der Waals surface area contributed by atoms with Crippen molar-refractivity contribution in [1.82, 2.24) is 0 Å². The van der Waals surface area contributed by atoms with Crippen LogP contribution >= 0.6 is 0 Å². The van der Waals surface area contributed by atoms with Crippen molar-refractivity contribution in [2.75, 3.05) is 13.2 Å². The molecule has 0 aliphatic heterocycles. The molecule has 0 rings (SSSR count). The molecule has 0 saturated carbocycles. The Morgan fingerprint density at radius 2 is 0.370 bits per heavy atom. The first-order valence-electron chi connectivity index (χ1n) is 33.5. The largest absolute Gasteiger partial charge is 0.462 e. The lowest BCUT2D eigenvalue weighted by atomic mass is 10.0. The molecular formula is C67H130O6. The Morgan fingerprint density at radius 3 is 0.548 bits per heavy atom. The fraction of sp³-hybridized carbons (Fsp3) is 0.955. The molecule has 1 unspecified atom stereocenters. The van der Waals surface area contributed by atoms with E-state index in [9.17, 15) is 14.4 Å². The monoisotopic (exact) mass is 1030 g/mol. The van der Waals surface area contributed by atoms with E-state index in [4.69, 9.17) is 14.2 Å². The summed E-state index contributed by atoms with van der Waals surface area (Å²) in [4.78, 5) is 38.0. The zero-order valence-corrected chi connectivity index (χ0v) is 50.0. The van der Waals surface area contributed by atoms with Gasteiger partial charge in [-0.05, 0) is 19.3 Å². The summed E-state index contributed by atoms with van der Waals surface area (Å²) < 4.78 is 16.8. The van der Waals surface area contributed by atoms with Gasteiger partial charge in [-0.15, -0.1) is 0 Å². The van der Waals surface area contributed by atoms with Crippen molar-refractivity contribution in [2.45, 2.75) is 399 Å². The summed E-state index contributed by atoms with van der Waals surface area (Å²) in [6.07, 6.45) is 73.1. The van der Waals surface area contributed by atoms with E-state index in [0.29, 0.717) is 19.3 Å². The van der Waals surface area contributed by atoms with Crippen LogP contribution in [0.4, 0.5) is 0 Å². The van der Waals surface area contributed by atoms with Crippen LogP contribution in [0.5, 0.6) is 0 Å². The lowest BCUT2D eigenvalue weighted by Gasteiger charge is -2.18. The number of unbranched alkanes of at least 4 members (excludes halogenated alkanes) is 52. The van der Waals surface area contributed by atoms with E-state index < -0.39 is 6.10 Å². The van der Waals surface area contributed by atoms with Crippen LogP contribution in [0.3, 0.4) is 0 Å². The summed E-state index contributed by atoms with van der Waals surface area (Å²) in [6, 6.07) is 0.